The van der Waals surface area contributed by atoms with Crippen LogP contribution in [0.5, 0.6) is 5.88 Å². The van der Waals surface area contributed by atoms with E-state index in [9.17, 15) is 9.59 Å². The van der Waals surface area contributed by atoms with E-state index in [1.807, 2.05) is 6.92 Å². The molecule has 0 aliphatic rings. The standard InChI is InChI=1S/C16H20N4O4/c1-3-8-20-15(21)7-5-13(19-20)16(22)18-12-4-6-14(17-11-12)24-10-9-23-2/h4-7,11H,3,8-10H2,1-2H3,(H,18,22). The number of aryl methyl sites for hydroxylation is 1. The smallest absolute Gasteiger partial charge is 0.276 e. The number of amides is 1. The topological polar surface area (TPSA) is 95.3 Å². The molecule has 0 unspecified atom stereocenters. The molecule has 0 aliphatic heterocycles. The van der Waals surface area contributed by atoms with Crippen LogP contribution in [-0.4, -0.2) is 41.0 Å². The monoisotopic (exact) mass is 332 g/mol. The van der Waals surface area contributed by atoms with Crippen molar-refractivity contribution in [1.82, 2.24) is 14.8 Å². The minimum absolute atomic E-state index is 0.170. The number of hydrogen-bond acceptors (Lipinski definition) is 6. The largest absolute Gasteiger partial charge is 0.475 e. The molecule has 8 nitrogen and oxygen atoms in total. The maximum Gasteiger partial charge on any atom is 0.276 e. The number of ether oxygens (including phenoxy) is 2. The average Bonchev–Trinajstić information content (AvgIpc) is 2.59. The van der Waals surface area contributed by atoms with Crippen LogP contribution in [0, 0.1) is 0 Å². The lowest BCUT2D eigenvalue weighted by atomic mass is 10.3. The Labute approximate surface area is 139 Å². The normalized spacial score (nSPS) is 10.4. The van der Waals surface area contributed by atoms with E-state index < -0.39 is 5.91 Å². The number of rotatable bonds is 8. The number of aromatic nitrogens is 3. The highest BCUT2D eigenvalue weighted by atomic mass is 16.5. The molecule has 2 aromatic rings. The van der Waals surface area contributed by atoms with Gasteiger partial charge in [0.25, 0.3) is 11.5 Å². The van der Waals surface area contributed by atoms with Crippen LogP contribution in [0.2, 0.25) is 0 Å². The molecule has 2 aromatic heterocycles. The lowest BCUT2D eigenvalue weighted by molar-refractivity contribution is 0.101. The molecular formula is C16H20N4O4. The maximum absolute atomic E-state index is 12.2. The zero-order chi connectivity index (χ0) is 17.4. The summed E-state index contributed by atoms with van der Waals surface area (Å²) in [5, 5.41) is 6.74. The van der Waals surface area contributed by atoms with Gasteiger partial charge in [0, 0.05) is 25.8 Å². The fourth-order valence-corrected chi connectivity index (χ4v) is 1.91. The highest BCUT2D eigenvalue weighted by molar-refractivity contribution is 6.02. The quantitative estimate of drug-likeness (QED) is 0.733. The number of hydrogen-bond donors (Lipinski definition) is 1. The van der Waals surface area contributed by atoms with E-state index in [1.165, 1.54) is 23.0 Å². The van der Waals surface area contributed by atoms with Gasteiger partial charge >= 0.3 is 0 Å². The third-order valence-corrected chi connectivity index (χ3v) is 3.07. The van der Waals surface area contributed by atoms with Crippen LogP contribution in [0.3, 0.4) is 0 Å². The van der Waals surface area contributed by atoms with E-state index in [-0.39, 0.29) is 11.3 Å². The van der Waals surface area contributed by atoms with Crippen molar-refractivity contribution in [3.8, 4) is 5.88 Å². The van der Waals surface area contributed by atoms with E-state index >= 15 is 0 Å². The van der Waals surface area contributed by atoms with E-state index in [1.54, 1.807) is 19.2 Å². The van der Waals surface area contributed by atoms with Crippen molar-refractivity contribution < 1.29 is 14.3 Å². The van der Waals surface area contributed by atoms with E-state index in [0.717, 1.165) is 6.42 Å². The van der Waals surface area contributed by atoms with Crippen LogP contribution >= 0.6 is 0 Å². The number of anilines is 1. The lowest BCUT2D eigenvalue weighted by Crippen LogP contribution is -2.26. The third-order valence-electron chi connectivity index (χ3n) is 3.07. The fraction of sp³-hybridized carbons (Fsp3) is 0.375. The second-order valence-electron chi connectivity index (χ2n) is 4.96. The van der Waals surface area contributed by atoms with Crippen molar-refractivity contribution in [2.45, 2.75) is 19.9 Å². The van der Waals surface area contributed by atoms with E-state index in [0.29, 0.717) is 31.3 Å². The predicted molar refractivity (Wildman–Crippen MR) is 88.3 cm³/mol. The molecule has 128 valence electrons. The van der Waals surface area contributed by atoms with Crippen LogP contribution in [0.15, 0.2) is 35.3 Å². The van der Waals surface area contributed by atoms with Gasteiger partial charge in [0.2, 0.25) is 5.88 Å². The molecule has 2 rings (SSSR count). The second kappa shape index (κ2) is 8.78. The molecular weight excluding hydrogens is 312 g/mol. The molecule has 8 heteroatoms. The zero-order valence-corrected chi connectivity index (χ0v) is 13.7. The van der Waals surface area contributed by atoms with Gasteiger partial charge in [-0.2, -0.15) is 5.10 Å². The van der Waals surface area contributed by atoms with Gasteiger partial charge < -0.3 is 14.8 Å². The Morgan fingerprint density at radius 1 is 1.25 bits per heavy atom. The van der Waals surface area contributed by atoms with Gasteiger partial charge in [-0.3, -0.25) is 9.59 Å². The summed E-state index contributed by atoms with van der Waals surface area (Å²) in [7, 11) is 1.59. The minimum atomic E-state index is -0.408. The molecule has 0 radical (unpaired) electrons. The summed E-state index contributed by atoms with van der Waals surface area (Å²) in [6.45, 7) is 3.27. The van der Waals surface area contributed by atoms with Gasteiger partial charge in [-0.1, -0.05) is 6.92 Å². The number of nitrogens with one attached hydrogen (secondary N) is 1. The molecule has 0 saturated heterocycles. The SMILES string of the molecule is CCCn1nc(C(=O)Nc2ccc(OCCOC)nc2)ccc1=O. The Kier molecular flexibility index (Phi) is 6.44. The van der Waals surface area contributed by atoms with E-state index in [4.69, 9.17) is 9.47 Å². The molecule has 0 fully saturated rings. The van der Waals surface area contributed by atoms with Crippen molar-refractivity contribution in [3.05, 3.63) is 46.5 Å². The summed E-state index contributed by atoms with van der Waals surface area (Å²) in [5.41, 5.74) is 0.449. The number of nitrogens with zero attached hydrogens (tertiary/aromatic N) is 3. The van der Waals surface area contributed by atoms with Crippen molar-refractivity contribution >= 4 is 11.6 Å². The van der Waals surface area contributed by atoms with Gasteiger partial charge in [-0.15, -0.1) is 0 Å². The van der Waals surface area contributed by atoms with Crippen molar-refractivity contribution in [2.75, 3.05) is 25.6 Å². The molecule has 0 aliphatic carbocycles. The van der Waals surface area contributed by atoms with Gasteiger partial charge in [-0.05, 0) is 18.6 Å². The van der Waals surface area contributed by atoms with E-state index in [2.05, 4.69) is 15.4 Å². The summed E-state index contributed by atoms with van der Waals surface area (Å²) in [5.74, 6) is 0.0365. The molecule has 0 bridgehead atoms. The predicted octanol–water partition coefficient (Wildman–Crippen LogP) is 1.33. The number of carbonyl (C=O) groups excluding carboxylic acids is 1. The van der Waals surface area contributed by atoms with Crippen molar-refractivity contribution in [2.24, 2.45) is 0 Å². The molecule has 24 heavy (non-hydrogen) atoms. The Morgan fingerprint density at radius 2 is 2.08 bits per heavy atom. The van der Waals surface area contributed by atoms with Gasteiger partial charge in [-0.25, -0.2) is 9.67 Å². The lowest BCUT2D eigenvalue weighted by Gasteiger charge is -2.08. The molecule has 0 spiro atoms. The first-order valence-corrected chi connectivity index (χ1v) is 7.61. The number of carbonyl (C=O) groups is 1. The zero-order valence-electron chi connectivity index (χ0n) is 13.7. The minimum Gasteiger partial charge on any atom is -0.475 e. The van der Waals surface area contributed by atoms with Crippen LogP contribution in [0.4, 0.5) is 5.69 Å². The molecule has 0 saturated carbocycles. The van der Waals surface area contributed by atoms with Crippen LogP contribution in [0.25, 0.3) is 0 Å². The highest BCUT2D eigenvalue weighted by Crippen LogP contribution is 2.12. The summed E-state index contributed by atoms with van der Waals surface area (Å²) in [4.78, 5) is 27.9. The molecule has 2 heterocycles. The third kappa shape index (κ3) is 4.88. The van der Waals surface area contributed by atoms with Crippen molar-refractivity contribution in [1.29, 1.82) is 0 Å². The summed E-state index contributed by atoms with van der Waals surface area (Å²) in [6, 6.07) is 6.06. The molecule has 0 aromatic carbocycles. The van der Waals surface area contributed by atoms with Gasteiger partial charge in [0.1, 0.15) is 12.3 Å². The van der Waals surface area contributed by atoms with Gasteiger partial charge in [0.15, 0.2) is 0 Å². The van der Waals surface area contributed by atoms with Crippen molar-refractivity contribution in [3.63, 3.8) is 0 Å². The Hall–Kier alpha value is -2.74. The average molecular weight is 332 g/mol. The molecule has 1 N–H and O–H groups in total. The number of pyridine rings is 1. The van der Waals surface area contributed by atoms with Crippen LogP contribution in [-0.2, 0) is 11.3 Å². The van der Waals surface area contributed by atoms with Gasteiger partial charge in [0.05, 0.1) is 18.5 Å². The highest BCUT2D eigenvalue weighted by Gasteiger charge is 2.10. The maximum atomic E-state index is 12.2. The summed E-state index contributed by atoms with van der Waals surface area (Å²) in [6.07, 6.45) is 2.24. The Bertz CT molecular complexity index is 728. The van der Waals surface area contributed by atoms with Crippen LogP contribution < -0.4 is 15.6 Å². The first kappa shape index (κ1) is 17.6. The second-order valence-corrected chi connectivity index (χ2v) is 4.96. The molecule has 0 atom stereocenters. The first-order chi connectivity index (χ1) is 11.6. The summed E-state index contributed by atoms with van der Waals surface area (Å²) < 4.78 is 11.5. The summed E-state index contributed by atoms with van der Waals surface area (Å²) >= 11 is 0. The fourth-order valence-electron chi connectivity index (χ4n) is 1.91. The Balaban J connectivity index is 2.01. The Morgan fingerprint density at radius 3 is 2.75 bits per heavy atom. The van der Waals surface area contributed by atoms with Crippen LogP contribution in [0.1, 0.15) is 23.8 Å². The number of methoxy groups -OCH3 is 1. The first-order valence-electron chi connectivity index (χ1n) is 7.61. The molecule has 1 amide bonds.